The summed E-state index contributed by atoms with van der Waals surface area (Å²) >= 11 is 0. The lowest BCUT2D eigenvalue weighted by Crippen LogP contribution is -2.36. The Morgan fingerprint density at radius 1 is 1.29 bits per heavy atom. The Morgan fingerprint density at radius 2 is 2.10 bits per heavy atom. The summed E-state index contributed by atoms with van der Waals surface area (Å²) in [7, 11) is 0. The molecule has 0 aliphatic carbocycles. The van der Waals surface area contributed by atoms with E-state index in [-0.39, 0.29) is 5.91 Å². The van der Waals surface area contributed by atoms with Crippen LogP contribution in [0.4, 0.5) is 0 Å². The van der Waals surface area contributed by atoms with Gasteiger partial charge in [0.25, 0.3) is 5.91 Å². The van der Waals surface area contributed by atoms with Crippen molar-refractivity contribution in [3.63, 3.8) is 0 Å². The Morgan fingerprint density at radius 3 is 2.86 bits per heavy atom. The van der Waals surface area contributed by atoms with Crippen molar-refractivity contribution >= 4 is 5.91 Å². The number of hydrogen-bond donors (Lipinski definition) is 3. The third-order valence-corrected chi connectivity index (χ3v) is 3.77. The minimum absolute atomic E-state index is 0.0890. The summed E-state index contributed by atoms with van der Waals surface area (Å²) < 4.78 is 0. The second-order valence-electron chi connectivity index (χ2n) is 5.18. The van der Waals surface area contributed by atoms with Gasteiger partial charge in [-0.05, 0) is 43.1 Å². The highest BCUT2D eigenvalue weighted by Gasteiger charge is 2.17. The van der Waals surface area contributed by atoms with Crippen LogP contribution in [0.2, 0.25) is 0 Å². The van der Waals surface area contributed by atoms with Crippen molar-refractivity contribution in [2.24, 2.45) is 5.92 Å². The number of hydrogen-bond acceptors (Lipinski definition) is 5. The molecule has 0 atom stereocenters. The second-order valence-corrected chi connectivity index (χ2v) is 5.18. The Kier molecular flexibility index (Phi) is 4.20. The molecule has 0 bridgehead atoms. The van der Waals surface area contributed by atoms with Crippen LogP contribution in [0.1, 0.15) is 23.2 Å². The van der Waals surface area contributed by atoms with Gasteiger partial charge in [-0.1, -0.05) is 18.2 Å². The zero-order chi connectivity index (χ0) is 14.5. The summed E-state index contributed by atoms with van der Waals surface area (Å²) in [6.45, 7) is 2.76. The van der Waals surface area contributed by atoms with E-state index in [0.29, 0.717) is 29.4 Å². The predicted molar refractivity (Wildman–Crippen MR) is 77.5 cm³/mol. The fraction of sp³-hybridized carbons (Fsp3) is 0.429. The Labute approximate surface area is 122 Å². The monoisotopic (exact) mass is 286 g/mol. The maximum Gasteiger partial charge on any atom is 0.252 e. The molecule has 2 aromatic rings. The van der Waals surface area contributed by atoms with E-state index in [9.17, 15) is 4.79 Å². The standard InChI is InChI=1S/C14H18N6O/c21-14(16-9-10-5-7-15-8-6-10)12-4-2-1-3-11(12)13-17-19-20-18-13/h1-4,10,15H,5-9H2,(H,16,21)(H,17,18,19,20). The maximum atomic E-state index is 12.4. The molecule has 1 aromatic heterocycles. The molecular weight excluding hydrogens is 268 g/mol. The molecule has 110 valence electrons. The molecule has 0 saturated carbocycles. The lowest BCUT2D eigenvalue weighted by Gasteiger charge is -2.22. The van der Waals surface area contributed by atoms with Crippen molar-refractivity contribution in [2.45, 2.75) is 12.8 Å². The van der Waals surface area contributed by atoms with Crippen molar-refractivity contribution in [1.29, 1.82) is 0 Å². The van der Waals surface area contributed by atoms with E-state index in [0.717, 1.165) is 25.9 Å². The lowest BCUT2D eigenvalue weighted by molar-refractivity contribution is 0.0945. The van der Waals surface area contributed by atoms with Gasteiger partial charge in [-0.15, -0.1) is 10.2 Å². The first-order valence-electron chi connectivity index (χ1n) is 7.16. The number of benzene rings is 1. The van der Waals surface area contributed by atoms with Crippen LogP contribution in [0, 0.1) is 5.92 Å². The molecule has 1 aromatic carbocycles. The molecule has 7 heteroatoms. The molecule has 1 saturated heterocycles. The summed E-state index contributed by atoms with van der Waals surface area (Å²) in [5, 5.41) is 20.2. The third kappa shape index (κ3) is 3.25. The molecule has 1 aliphatic heterocycles. The number of carbonyl (C=O) groups is 1. The van der Waals surface area contributed by atoms with E-state index in [1.165, 1.54) is 0 Å². The average molecular weight is 286 g/mol. The van der Waals surface area contributed by atoms with Crippen LogP contribution in [0.5, 0.6) is 0 Å². The molecule has 3 N–H and O–H groups in total. The third-order valence-electron chi connectivity index (χ3n) is 3.77. The van der Waals surface area contributed by atoms with E-state index in [1.807, 2.05) is 18.2 Å². The quantitative estimate of drug-likeness (QED) is 0.765. The van der Waals surface area contributed by atoms with Crippen molar-refractivity contribution < 1.29 is 4.79 Å². The zero-order valence-electron chi connectivity index (χ0n) is 11.7. The number of H-pyrrole nitrogens is 1. The Balaban J connectivity index is 1.70. The van der Waals surface area contributed by atoms with Crippen molar-refractivity contribution in [2.75, 3.05) is 19.6 Å². The minimum atomic E-state index is -0.0890. The van der Waals surface area contributed by atoms with Crippen LogP contribution < -0.4 is 10.6 Å². The number of amides is 1. The van der Waals surface area contributed by atoms with E-state index in [4.69, 9.17) is 0 Å². The Bertz CT molecular complexity index is 591. The molecule has 1 fully saturated rings. The first-order valence-corrected chi connectivity index (χ1v) is 7.16. The maximum absolute atomic E-state index is 12.4. The number of nitrogens with zero attached hydrogens (tertiary/aromatic N) is 3. The van der Waals surface area contributed by atoms with Gasteiger partial charge in [-0.3, -0.25) is 4.79 Å². The van der Waals surface area contributed by atoms with Crippen LogP contribution in [0.3, 0.4) is 0 Å². The van der Waals surface area contributed by atoms with Crippen LogP contribution in [-0.2, 0) is 0 Å². The van der Waals surface area contributed by atoms with Gasteiger partial charge in [-0.2, -0.15) is 5.21 Å². The molecule has 2 heterocycles. The molecule has 1 amide bonds. The van der Waals surface area contributed by atoms with Gasteiger partial charge in [0.15, 0.2) is 0 Å². The summed E-state index contributed by atoms with van der Waals surface area (Å²) in [5.41, 5.74) is 1.27. The van der Waals surface area contributed by atoms with E-state index in [2.05, 4.69) is 31.3 Å². The van der Waals surface area contributed by atoms with Gasteiger partial charge in [-0.25, -0.2) is 0 Å². The molecule has 0 radical (unpaired) electrons. The minimum Gasteiger partial charge on any atom is -0.352 e. The molecule has 0 spiro atoms. The predicted octanol–water partition coefficient (Wildman–Crippen LogP) is 0.596. The van der Waals surface area contributed by atoms with Gasteiger partial charge < -0.3 is 10.6 Å². The highest BCUT2D eigenvalue weighted by Crippen LogP contribution is 2.19. The Hall–Kier alpha value is -2.28. The lowest BCUT2D eigenvalue weighted by atomic mass is 9.98. The molecule has 7 nitrogen and oxygen atoms in total. The molecule has 3 rings (SSSR count). The number of piperidine rings is 1. The van der Waals surface area contributed by atoms with Gasteiger partial charge in [0, 0.05) is 12.1 Å². The average Bonchev–Trinajstić information content (AvgIpc) is 3.08. The highest BCUT2D eigenvalue weighted by molar-refractivity contribution is 6.00. The molecule has 1 aliphatic rings. The number of carbonyl (C=O) groups excluding carboxylic acids is 1. The van der Waals surface area contributed by atoms with Gasteiger partial charge in [0.2, 0.25) is 5.82 Å². The van der Waals surface area contributed by atoms with Gasteiger partial charge in [0.05, 0.1) is 5.56 Å². The molecular formula is C14H18N6O. The smallest absolute Gasteiger partial charge is 0.252 e. The first kappa shape index (κ1) is 13.7. The normalized spacial score (nSPS) is 15.8. The van der Waals surface area contributed by atoms with Gasteiger partial charge in [0.1, 0.15) is 0 Å². The number of tetrazole rings is 1. The van der Waals surface area contributed by atoms with Gasteiger partial charge >= 0.3 is 0 Å². The number of nitrogens with one attached hydrogen (secondary N) is 3. The van der Waals surface area contributed by atoms with Crippen molar-refractivity contribution in [3.8, 4) is 11.4 Å². The summed E-state index contributed by atoms with van der Waals surface area (Å²) in [6, 6.07) is 7.30. The van der Waals surface area contributed by atoms with Crippen LogP contribution in [0.15, 0.2) is 24.3 Å². The van der Waals surface area contributed by atoms with E-state index in [1.54, 1.807) is 6.07 Å². The van der Waals surface area contributed by atoms with Crippen LogP contribution in [0.25, 0.3) is 11.4 Å². The number of rotatable bonds is 4. The number of aromatic amines is 1. The first-order chi connectivity index (χ1) is 10.3. The topological polar surface area (TPSA) is 95.6 Å². The molecule has 0 unspecified atom stereocenters. The van der Waals surface area contributed by atoms with Crippen LogP contribution in [-0.4, -0.2) is 46.2 Å². The van der Waals surface area contributed by atoms with E-state index >= 15 is 0 Å². The summed E-state index contributed by atoms with van der Waals surface area (Å²) in [6.07, 6.45) is 2.21. The fourth-order valence-corrected chi connectivity index (χ4v) is 2.57. The SMILES string of the molecule is O=C(NCC1CCNCC1)c1ccccc1-c1nn[nH]n1. The van der Waals surface area contributed by atoms with Crippen molar-refractivity contribution in [1.82, 2.24) is 31.3 Å². The largest absolute Gasteiger partial charge is 0.352 e. The van der Waals surface area contributed by atoms with Crippen molar-refractivity contribution in [3.05, 3.63) is 29.8 Å². The second kappa shape index (κ2) is 6.45. The van der Waals surface area contributed by atoms with E-state index < -0.39 is 0 Å². The fourth-order valence-electron chi connectivity index (χ4n) is 2.57. The van der Waals surface area contributed by atoms with Crippen LogP contribution >= 0.6 is 0 Å². The number of aromatic nitrogens is 4. The summed E-state index contributed by atoms with van der Waals surface area (Å²) in [5.74, 6) is 0.893. The zero-order valence-corrected chi connectivity index (χ0v) is 11.7. The highest BCUT2D eigenvalue weighted by atomic mass is 16.1. The molecule has 21 heavy (non-hydrogen) atoms. The summed E-state index contributed by atoms with van der Waals surface area (Å²) in [4.78, 5) is 12.4.